The zero-order valence-electron chi connectivity index (χ0n) is 17.7. The summed E-state index contributed by atoms with van der Waals surface area (Å²) >= 11 is 6.32. The van der Waals surface area contributed by atoms with Crippen molar-refractivity contribution in [3.8, 4) is 5.75 Å². The molecule has 0 saturated carbocycles. The topological polar surface area (TPSA) is 58.6 Å². The van der Waals surface area contributed by atoms with Crippen LogP contribution in [0, 0.1) is 0 Å². The van der Waals surface area contributed by atoms with Gasteiger partial charge in [0.1, 0.15) is 10.6 Å². The van der Waals surface area contributed by atoms with Gasteiger partial charge in [-0.05, 0) is 29.8 Å². The summed E-state index contributed by atoms with van der Waals surface area (Å²) in [6.45, 7) is 3.65. The van der Waals surface area contributed by atoms with Crippen molar-refractivity contribution in [3.63, 3.8) is 0 Å². The minimum Gasteiger partial charge on any atom is -0.495 e. The van der Waals surface area contributed by atoms with E-state index in [0.717, 1.165) is 17.7 Å². The van der Waals surface area contributed by atoms with Crippen LogP contribution in [-0.2, 0) is 29.7 Å². The summed E-state index contributed by atoms with van der Waals surface area (Å²) < 4.78 is 34.8. The highest BCUT2D eigenvalue weighted by atomic mass is 35.5. The van der Waals surface area contributed by atoms with Gasteiger partial charge >= 0.3 is 0 Å². The van der Waals surface area contributed by atoms with Gasteiger partial charge in [0.05, 0.1) is 7.11 Å². The monoisotopic (exact) mass is 458 g/mol. The summed E-state index contributed by atoms with van der Waals surface area (Å²) in [6.07, 6.45) is 0. The number of benzene rings is 3. The minimum absolute atomic E-state index is 0.0715. The molecule has 0 bridgehead atoms. The molecule has 0 aliphatic rings. The van der Waals surface area contributed by atoms with Gasteiger partial charge in [-0.3, -0.25) is 0 Å². The molecule has 0 unspecified atom stereocenters. The van der Waals surface area contributed by atoms with Crippen LogP contribution in [0.2, 0.25) is 5.02 Å². The summed E-state index contributed by atoms with van der Waals surface area (Å²) in [6, 6.07) is 22.3. The van der Waals surface area contributed by atoms with Gasteiger partial charge in [0.15, 0.2) is 0 Å². The Bertz CT molecular complexity index is 1050. The van der Waals surface area contributed by atoms with E-state index in [1.54, 1.807) is 6.07 Å². The van der Waals surface area contributed by atoms with Crippen LogP contribution in [0.5, 0.6) is 5.75 Å². The molecular weight excluding hydrogens is 432 g/mol. The zero-order chi connectivity index (χ0) is 22.3. The standard InChI is InChI=1S/C24H27ClN2O3S/c1-3-26-16-21-14-22(25)15-23(24(21)30-2)31(28,29)27(17-19-10-6-4-7-11-19)18-20-12-8-5-9-13-20/h4-15,26H,3,16-18H2,1-2H3. The second-order valence-corrected chi connectivity index (χ2v) is 9.46. The van der Waals surface area contributed by atoms with Crippen molar-refractivity contribution in [2.45, 2.75) is 31.5 Å². The fourth-order valence-electron chi connectivity index (χ4n) is 3.38. The maximum atomic E-state index is 13.9. The fourth-order valence-corrected chi connectivity index (χ4v) is 5.32. The third kappa shape index (κ3) is 5.86. The van der Waals surface area contributed by atoms with Gasteiger partial charge < -0.3 is 10.1 Å². The van der Waals surface area contributed by atoms with E-state index >= 15 is 0 Å². The molecule has 0 aromatic heterocycles. The van der Waals surface area contributed by atoms with Crippen LogP contribution in [0.15, 0.2) is 77.7 Å². The van der Waals surface area contributed by atoms with Crippen molar-refractivity contribution < 1.29 is 13.2 Å². The fraction of sp³-hybridized carbons (Fsp3) is 0.250. The Morgan fingerprint density at radius 1 is 0.935 bits per heavy atom. The van der Waals surface area contributed by atoms with Gasteiger partial charge in [-0.15, -0.1) is 0 Å². The number of methoxy groups -OCH3 is 1. The summed E-state index contributed by atoms with van der Waals surface area (Å²) in [5.74, 6) is 0.316. The van der Waals surface area contributed by atoms with E-state index in [-0.39, 0.29) is 18.0 Å². The average Bonchev–Trinajstić information content (AvgIpc) is 2.78. The first-order valence-electron chi connectivity index (χ1n) is 10.1. The molecule has 3 rings (SSSR count). The molecule has 3 aromatic rings. The molecule has 7 heteroatoms. The van der Waals surface area contributed by atoms with E-state index in [9.17, 15) is 8.42 Å². The summed E-state index contributed by atoms with van der Waals surface area (Å²) in [7, 11) is -2.43. The summed E-state index contributed by atoms with van der Waals surface area (Å²) in [5, 5.41) is 3.56. The van der Waals surface area contributed by atoms with E-state index in [1.165, 1.54) is 17.5 Å². The minimum atomic E-state index is -3.91. The maximum absolute atomic E-state index is 13.9. The highest BCUT2D eigenvalue weighted by Crippen LogP contribution is 2.35. The van der Waals surface area contributed by atoms with Crippen LogP contribution in [0.3, 0.4) is 0 Å². The number of ether oxygens (including phenoxy) is 1. The third-order valence-electron chi connectivity index (χ3n) is 4.89. The molecular formula is C24H27ClN2O3S. The molecule has 164 valence electrons. The van der Waals surface area contributed by atoms with Gasteiger partial charge in [0.2, 0.25) is 10.0 Å². The lowest BCUT2D eigenvalue weighted by Gasteiger charge is -2.24. The number of nitrogens with one attached hydrogen (secondary N) is 1. The van der Waals surface area contributed by atoms with Crippen LogP contribution in [0.1, 0.15) is 23.6 Å². The predicted molar refractivity (Wildman–Crippen MR) is 125 cm³/mol. The van der Waals surface area contributed by atoms with E-state index in [1.807, 2.05) is 67.6 Å². The molecule has 0 saturated heterocycles. The first kappa shape index (κ1) is 23.3. The number of sulfonamides is 1. The van der Waals surface area contributed by atoms with E-state index in [2.05, 4.69) is 5.32 Å². The molecule has 3 aromatic carbocycles. The van der Waals surface area contributed by atoms with Crippen LogP contribution in [0.4, 0.5) is 0 Å². The van der Waals surface area contributed by atoms with Crippen molar-refractivity contribution >= 4 is 21.6 Å². The Morgan fingerprint density at radius 3 is 1.97 bits per heavy atom. The normalized spacial score (nSPS) is 11.6. The Balaban J connectivity index is 2.07. The van der Waals surface area contributed by atoms with E-state index < -0.39 is 10.0 Å². The predicted octanol–water partition coefficient (Wildman–Crippen LogP) is 4.85. The Labute approximate surface area is 189 Å². The molecule has 0 fully saturated rings. The first-order valence-corrected chi connectivity index (χ1v) is 11.9. The van der Waals surface area contributed by atoms with E-state index in [4.69, 9.17) is 16.3 Å². The zero-order valence-corrected chi connectivity index (χ0v) is 19.3. The third-order valence-corrected chi connectivity index (χ3v) is 6.90. The van der Waals surface area contributed by atoms with Crippen molar-refractivity contribution in [3.05, 3.63) is 94.5 Å². The highest BCUT2D eigenvalue weighted by molar-refractivity contribution is 7.89. The number of halogens is 1. The first-order chi connectivity index (χ1) is 15.0. The van der Waals surface area contributed by atoms with Crippen LogP contribution >= 0.6 is 11.6 Å². The lowest BCUT2D eigenvalue weighted by atomic mass is 10.2. The van der Waals surface area contributed by atoms with Crippen molar-refractivity contribution in [1.82, 2.24) is 9.62 Å². The van der Waals surface area contributed by atoms with Gasteiger partial charge in [-0.25, -0.2) is 8.42 Å². The van der Waals surface area contributed by atoms with Crippen molar-refractivity contribution in [2.24, 2.45) is 0 Å². The molecule has 0 radical (unpaired) electrons. The SMILES string of the molecule is CCNCc1cc(Cl)cc(S(=O)(=O)N(Cc2ccccc2)Cc2ccccc2)c1OC. The Kier molecular flexibility index (Phi) is 8.09. The molecule has 1 N–H and O–H groups in total. The molecule has 0 aliphatic carbocycles. The number of hydrogen-bond donors (Lipinski definition) is 1. The number of nitrogens with zero attached hydrogens (tertiary/aromatic N) is 1. The maximum Gasteiger partial charge on any atom is 0.247 e. The smallest absolute Gasteiger partial charge is 0.247 e. The molecule has 0 aliphatic heterocycles. The number of rotatable bonds is 10. The largest absolute Gasteiger partial charge is 0.495 e. The van der Waals surface area contributed by atoms with Gasteiger partial charge in [-0.2, -0.15) is 4.31 Å². The van der Waals surface area contributed by atoms with Gasteiger partial charge in [0.25, 0.3) is 0 Å². The second-order valence-electron chi connectivity index (χ2n) is 7.12. The Hall–Kier alpha value is -2.38. The van der Waals surface area contributed by atoms with Crippen LogP contribution in [-0.4, -0.2) is 26.4 Å². The van der Waals surface area contributed by atoms with Gasteiger partial charge in [-0.1, -0.05) is 79.2 Å². The van der Waals surface area contributed by atoms with E-state index in [0.29, 0.717) is 22.9 Å². The highest BCUT2D eigenvalue weighted by Gasteiger charge is 2.30. The second kappa shape index (κ2) is 10.8. The Morgan fingerprint density at radius 2 is 1.48 bits per heavy atom. The molecule has 0 heterocycles. The summed E-state index contributed by atoms with van der Waals surface area (Å²) in [5.41, 5.74) is 2.50. The molecule has 5 nitrogen and oxygen atoms in total. The molecule has 0 spiro atoms. The molecule has 0 atom stereocenters. The quantitative estimate of drug-likeness (QED) is 0.472. The average molecular weight is 459 g/mol. The van der Waals surface area contributed by atoms with Crippen molar-refractivity contribution in [2.75, 3.05) is 13.7 Å². The van der Waals surface area contributed by atoms with Crippen LogP contribution in [0.25, 0.3) is 0 Å². The van der Waals surface area contributed by atoms with Gasteiger partial charge in [0, 0.05) is 30.2 Å². The molecule has 31 heavy (non-hydrogen) atoms. The molecule has 0 amide bonds. The lowest BCUT2D eigenvalue weighted by molar-refractivity contribution is 0.379. The van der Waals surface area contributed by atoms with Crippen molar-refractivity contribution in [1.29, 1.82) is 0 Å². The summed E-state index contributed by atoms with van der Waals surface area (Å²) in [4.78, 5) is 0.0715. The lowest BCUT2D eigenvalue weighted by Crippen LogP contribution is -2.31. The number of hydrogen-bond acceptors (Lipinski definition) is 4. The van der Waals surface area contributed by atoms with Crippen LogP contribution < -0.4 is 10.1 Å².